The number of aliphatic hydroxyl groups is 3. The van der Waals surface area contributed by atoms with E-state index in [1.807, 2.05) is 54.6 Å². The third-order valence-corrected chi connectivity index (χ3v) is 24.2. The summed E-state index contributed by atoms with van der Waals surface area (Å²) < 4.78 is 49.9. The summed E-state index contributed by atoms with van der Waals surface area (Å²) in [5.74, 6) is 0.0606. The van der Waals surface area contributed by atoms with Gasteiger partial charge in [0.05, 0.1) is 194 Å². The minimum absolute atomic E-state index is 0.0278. The molecular formula is C107H185N9O16. The van der Waals surface area contributed by atoms with Gasteiger partial charge in [0.1, 0.15) is 12.4 Å². The number of carbonyl (C=O) groups excluding carboxylic acids is 2. The molecule has 2 saturated carbocycles. The van der Waals surface area contributed by atoms with Gasteiger partial charge in [-0.15, -0.1) is 0 Å². The Morgan fingerprint density at radius 1 is 0.447 bits per heavy atom. The number of aliphatic imine (C=N–C) groups is 1. The van der Waals surface area contributed by atoms with E-state index < -0.39 is 11.9 Å². The van der Waals surface area contributed by atoms with E-state index in [2.05, 4.69) is 110 Å². The standard InChI is InChI=1S/C21H16N2.C17H31N3O.C17H35NO2.C16H36N.C15H33NO7.C14H29NO4.C7H6O2/c1-4-10-16(11-5-1)19-20(17-12-6-2-7-13-17)23-21(22-19)18-14-8-3-9-15-18;1-3-7-15(8-4-1)18-17(20-11-13-21-14-12-20)19-16-9-5-2-6-10-16;1-4-7-10-13-18(16-17(19)20,14-11-8-5-2)15-12-9-6-3;1-5-9-13-17(14-10-6-2,15-11-7-3)16-12-8-4;17-5-1-2-16(3-8-20-12-14-22-10-6-18)4-9-21-13-15-23-11-7-19;1-16-11-12-19-14-13-17-8-4-2-3-5-15-6-9-18-10-7-15;8-7(9)6-4-2-1-3-5-6/h1-15H,(H,22,23);15-16H,1-14H2,(H,18,19);4-16H2,1-3H3;5-16H2,1-4H3;17-19H,1-15H2;2-14H2,1H3;1-5H,(H,8,9)/q;;;+1;;;/p-1. The fraction of sp³-hybridized carbons (Fsp3) is 0.720. The summed E-state index contributed by atoms with van der Waals surface area (Å²) in [5, 5.41) is 51.1. The lowest BCUT2D eigenvalue weighted by Gasteiger charge is -2.39. The second-order valence-corrected chi connectivity index (χ2v) is 35.2. The molecule has 0 radical (unpaired) electrons. The molecule has 9 rings (SSSR count). The third-order valence-electron chi connectivity index (χ3n) is 24.2. The van der Waals surface area contributed by atoms with Crippen molar-refractivity contribution in [2.24, 2.45) is 4.99 Å². The number of ether oxygens (including phenoxy) is 9. The van der Waals surface area contributed by atoms with Crippen LogP contribution in [0.15, 0.2) is 126 Å². The summed E-state index contributed by atoms with van der Waals surface area (Å²) in [4.78, 5) is 41.9. The van der Waals surface area contributed by atoms with Crippen LogP contribution in [0.5, 0.6) is 0 Å². The highest BCUT2D eigenvalue weighted by atomic mass is 16.5. The lowest BCUT2D eigenvalue weighted by Crippen LogP contribution is -2.55. The van der Waals surface area contributed by atoms with E-state index in [-0.39, 0.29) is 31.9 Å². The van der Waals surface area contributed by atoms with Crippen LogP contribution in [-0.4, -0.2) is 323 Å². The van der Waals surface area contributed by atoms with Crippen molar-refractivity contribution in [2.45, 2.75) is 260 Å². The number of rotatable bonds is 63. The summed E-state index contributed by atoms with van der Waals surface area (Å²) in [6.45, 7) is 43.6. The maximum atomic E-state index is 11.2. The van der Waals surface area contributed by atoms with Gasteiger partial charge in [-0.3, -0.25) is 9.80 Å². The average molecular weight is 1850 g/mol. The van der Waals surface area contributed by atoms with Crippen molar-refractivity contribution in [1.82, 2.24) is 30.0 Å². The van der Waals surface area contributed by atoms with Gasteiger partial charge >= 0.3 is 0 Å². The Hall–Kier alpha value is -6.34. The topological polar surface area (TPSA) is 287 Å². The number of imidazole rings is 1. The Morgan fingerprint density at radius 2 is 0.864 bits per heavy atom. The van der Waals surface area contributed by atoms with Crippen LogP contribution in [0, 0.1) is 0 Å². The van der Waals surface area contributed by atoms with E-state index in [0.717, 1.165) is 169 Å². The second kappa shape index (κ2) is 84.0. The first-order chi connectivity index (χ1) is 64.8. The average Bonchev–Trinajstić information content (AvgIpc) is 1.65. The van der Waals surface area contributed by atoms with Crippen molar-refractivity contribution < 1.29 is 86.7 Å². The highest BCUT2D eigenvalue weighted by molar-refractivity contribution is 5.85. The molecule has 2 aliphatic heterocycles. The predicted octanol–water partition coefficient (Wildman–Crippen LogP) is 16.4. The molecule has 3 heterocycles. The van der Waals surface area contributed by atoms with E-state index in [1.165, 1.54) is 222 Å². The summed E-state index contributed by atoms with van der Waals surface area (Å²) >= 11 is 0. The zero-order valence-electron chi connectivity index (χ0n) is 83.9. The number of aliphatic carboxylic acids is 1. The van der Waals surface area contributed by atoms with Gasteiger partial charge in [-0.2, -0.15) is 0 Å². The predicted molar refractivity (Wildman–Crippen MR) is 535 cm³/mol. The third kappa shape index (κ3) is 60.3. The highest BCUT2D eigenvalue weighted by Crippen LogP contribution is 2.33. The van der Waals surface area contributed by atoms with Crippen LogP contribution >= 0.6 is 0 Å². The smallest absolute Gasteiger partial charge is 0.194 e. The molecule has 4 fully saturated rings. The van der Waals surface area contributed by atoms with Crippen molar-refractivity contribution in [3.05, 3.63) is 127 Å². The van der Waals surface area contributed by atoms with Gasteiger partial charge in [-0.25, -0.2) is 9.98 Å². The number of hydrogen-bond acceptors (Lipinski definition) is 20. The molecule has 0 amide bonds. The molecule has 0 spiro atoms. The van der Waals surface area contributed by atoms with Crippen molar-refractivity contribution in [3.8, 4) is 33.9 Å². The molecule has 2 aliphatic carbocycles. The Labute approximate surface area is 799 Å². The van der Waals surface area contributed by atoms with Crippen molar-refractivity contribution in [1.29, 1.82) is 0 Å². The number of H-pyrrole nitrogens is 1. The van der Waals surface area contributed by atoms with Gasteiger partial charge in [0, 0.05) is 88.9 Å². The molecule has 5 N–H and O–H groups in total. The number of carboxylic acid groups (broad SMARTS) is 2. The van der Waals surface area contributed by atoms with Crippen LogP contribution < -0.4 is 15.5 Å². The molecule has 1 aromatic heterocycles. The highest BCUT2D eigenvalue weighted by Gasteiger charge is 2.29. The molecule has 754 valence electrons. The van der Waals surface area contributed by atoms with Gasteiger partial charge in [-0.05, 0) is 128 Å². The number of quaternary nitrogens is 2. The number of carbonyl (C=O) groups is 2. The summed E-state index contributed by atoms with van der Waals surface area (Å²) in [5.41, 5.74) is 5.60. The maximum Gasteiger partial charge on any atom is 0.194 e. The molecule has 0 atom stereocenters. The lowest BCUT2D eigenvalue weighted by atomic mass is 9.95. The first kappa shape index (κ1) is 120. The Kier molecular flexibility index (Phi) is 76.2. The molecule has 132 heavy (non-hydrogen) atoms. The molecule has 2 saturated heterocycles. The van der Waals surface area contributed by atoms with Gasteiger partial charge in [-0.1, -0.05) is 253 Å². The van der Waals surface area contributed by atoms with E-state index in [1.54, 1.807) is 25.3 Å². The molecule has 4 aromatic carbocycles. The number of carboxylic acids is 2. The zero-order chi connectivity index (χ0) is 95.4. The molecule has 0 bridgehead atoms. The van der Waals surface area contributed by atoms with E-state index in [0.29, 0.717) is 91.4 Å². The molecule has 5 aromatic rings. The first-order valence-corrected chi connectivity index (χ1v) is 51.7. The number of morpholine rings is 2. The zero-order valence-corrected chi connectivity index (χ0v) is 83.9. The number of aliphatic hydroxyl groups excluding tert-OH is 3. The van der Waals surface area contributed by atoms with Crippen molar-refractivity contribution >= 4 is 17.9 Å². The van der Waals surface area contributed by atoms with Crippen LogP contribution in [-0.2, 0) is 47.4 Å². The molecular weight excluding hydrogens is 1670 g/mol. The summed E-state index contributed by atoms with van der Waals surface area (Å²) in [7, 11) is 1.68. The number of methoxy groups -OCH3 is 1. The number of nitrogens with one attached hydrogen (secondary N) is 2. The number of guanidine groups is 1. The van der Waals surface area contributed by atoms with E-state index >= 15 is 0 Å². The monoisotopic (exact) mass is 1850 g/mol. The number of hydrogen-bond donors (Lipinski definition) is 5. The Morgan fingerprint density at radius 3 is 1.30 bits per heavy atom. The first-order valence-electron chi connectivity index (χ1n) is 51.7. The largest absolute Gasteiger partial charge is 0.545 e. The number of unbranched alkanes of at least 4 members (excludes halogenated alkanes) is 12. The van der Waals surface area contributed by atoms with Crippen molar-refractivity contribution in [2.75, 3.05) is 244 Å². The number of benzene rings is 4. The van der Waals surface area contributed by atoms with E-state index in [4.69, 9.17) is 67.9 Å². The molecule has 0 unspecified atom stereocenters. The number of aromatic nitrogens is 2. The van der Waals surface area contributed by atoms with Crippen LogP contribution in [0.1, 0.15) is 258 Å². The van der Waals surface area contributed by atoms with Gasteiger partial charge < -0.3 is 102 Å². The summed E-state index contributed by atoms with van der Waals surface area (Å²) in [6, 6.07) is 40.1. The van der Waals surface area contributed by atoms with Gasteiger partial charge in [0.15, 0.2) is 5.96 Å². The Bertz CT molecular complexity index is 3250. The normalized spacial score (nSPS) is 14.5. The van der Waals surface area contributed by atoms with Gasteiger partial charge in [0.25, 0.3) is 0 Å². The fourth-order valence-corrected chi connectivity index (χ4v) is 16.5. The Balaban J connectivity index is 0.000000401. The van der Waals surface area contributed by atoms with Gasteiger partial charge in [0.2, 0.25) is 0 Å². The van der Waals surface area contributed by atoms with Crippen molar-refractivity contribution in [3.63, 3.8) is 0 Å². The quantitative estimate of drug-likeness (QED) is 0.0105. The van der Waals surface area contributed by atoms with E-state index in [9.17, 15) is 19.8 Å². The number of nitrogens with zero attached hydrogens (tertiary/aromatic N) is 7. The molecule has 25 heteroatoms. The SMILES string of the molecule is C1CCC(N=C(NC2CCCCC2)N2CCOCC2)CC1.CCCCC[N+](CCCCC)(CCCCC)CC(=O)[O-].CCCC[N+](CCCC)(CCCC)CCCC.COCCOCCOCCCCCN1CCOCC1.O=C([O-])c1ccccc1.OCCCN(CCOCCOCCO)CCOCCOCCO.c1ccc(-c2nc(-c3ccccc3)c(-c3ccccc3)[nH]2)cc1. The van der Waals surface area contributed by atoms with Crippen LogP contribution in [0.3, 0.4) is 0 Å². The van der Waals surface area contributed by atoms with Crippen LogP contribution in [0.2, 0.25) is 0 Å². The summed E-state index contributed by atoms with van der Waals surface area (Å²) in [6.07, 6.45) is 39.5. The number of aromatic amines is 1. The molecule has 4 aliphatic rings. The van der Waals surface area contributed by atoms with Crippen LogP contribution in [0.4, 0.5) is 0 Å². The molecule has 25 nitrogen and oxygen atoms in total. The number of aromatic carboxylic acids is 1. The minimum atomic E-state index is -1.13. The lowest BCUT2D eigenvalue weighted by molar-refractivity contribution is -0.929. The second-order valence-electron chi connectivity index (χ2n) is 35.2. The fourth-order valence-electron chi connectivity index (χ4n) is 16.5. The maximum absolute atomic E-state index is 11.2. The minimum Gasteiger partial charge on any atom is -0.545 e. The van der Waals surface area contributed by atoms with Crippen LogP contribution in [0.25, 0.3) is 33.9 Å².